The van der Waals surface area contributed by atoms with Gasteiger partial charge in [0.15, 0.2) is 0 Å². The second-order valence-electron chi connectivity index (χ2n) is 9.75. The first-order valence-electron chi connectivity index (χ1n) is 12.3. The number of esters is 1. The third-order valence-corrected chi connectivity index (χ3v) is 7.62. The minimum atomic E-state index is -2.79. The van der Waals surface area contributed by atoms with Gasteiger partial charge in [0.2, 0.25) is 0 Å². The number of pyridine rings is 1. The summed E-state index contributed by atoms with van der Waals surface area (Å²) in [5.74, 6) is -0.451. The van der Waals surface area contributed by atoms with Crippen molar-refractivity contribution >= 4 is 17.0 Å². The van der Waals surface area contributed by atoms with E-state index in [9.17, 15) is 13.6 Å². The summed E-state index contributed by atoms with van der Waals surface area (Å²) in [6, 6.07) is 3.73. The van der Waals surface area contributed by atoms with Gasteiger partial charge in [-0.15, -0.1) is 0 Å². The van der Waals surface area contributed by atoms with Gasteiger partial charge in [-0.05, 0) is 70.4 Å². The molecule has 2 saturated carbocycles. The lowest BCUT2D eigenvalue weighted by molar-refractivity contribution is -0.0864. The number of carbonyl (C=O) groups excluding carboxylic acids is 1. The molecule has 1 saturated heterocycles. The van der Waals surface area contributed by atoms with Gasteiger partial charge in [-0.2, -0.15) is 0 Å². The number of ether oxygens (including phenoxy) is 2. The minimum Gasteiger partial charge on any atom is -0.462 e. The zero-order chi connectivity index (χ0) is 23.1. The molecule has 0 amide bonds. The van der Waals surface area contributed by atoms with Crippen molar-refractivity contribution in [3.05, 3.63) is 29.6 Å². The third-order valence-electron chi connectivity index (χ3n) is 7.62. The van der Waals surface area contributed by atoms with E-state index in [0.29, 0.717) is 29.3 Å². The summed E-state index contributed by atoms with van der Waals surface area (Å²) in [4.78, 5) is 19.6. The predicted octanol–water partition coefficient (Wildman–Crippen LogP) is 5.13. The van der Waals surface area contributed by atoms with E-state index >= 15 is 0 Å². The minimum absolute atomic E-state index is 0.0437. The van der Waals surface area contributed by atoms with Gasteiger partial charge >= 0.3 is 5.97 Å². The third kappa shape index (κ3) is 4.39. The fraction of sp³-hybridized carbons (Fsp3) is 0.680. The Bertz CT molecular complexity index is 992. The van der Waals surface area contributed by atoms with Crippen molar-refractivity contribution in [2.75, 3.05) is 19.7 Å². The summed E-state index contributed by atoms with van der Waals surface area (Å²) in [6.07, 6.45) is 6.18. The molecule has 0 unspecified atom stereocenters. The molecule has 1 atom stereocenters. The van der Waals surface area contributed by atoms with Crippen molar-refractivity contribution in [3.63, 3.8) is 0 Å². The van der Waals surface area contributed by atoms with Gasteiger partial charge < -0.3 is 14.0 Å². The second-order valence-corrected chi connectivity index (χ2v) is 9.75. The molecular weight excluding hydrogens is 428 g/mol. The van der Waals surface area contributed by atoms with Crippen LogP contribution in [0.15, 0.2) is 18.3 Å². The highest BCUT2D eigenvalue weighted by atomic mass is 19.3. The molecule has 3 heterocycles. The van der Waals surface area contributed by atoms with Crippen LogP contribution in [0, 0.1) is 5.92 Å². The fourth-order valence-corrected chi connectivity index (χ4v) is 5.69. The molecule has 2 aromatic heterocycles. The van der Waals surface area contributed by atoms with Crippen molar-refractivity contribution < 1.29 is 23.0 Å². The van der Waals surface area contributed by atoms with Crippen LogP contribution in [0.4, 0.5) is 8.78 Å². The maximum Gasteiger partial charge on any atom is 0.340 e. The van der Waals surface area contributed by atoms with E-state index in [1.54, 1.807) is 29.8 Å². The predicted molar refractivity (Wildman–Crippen MR) is 121 cm³/mol. The maximum atomic E-state index is 14.3. The van der Waals surface area contributed by atoms with Crippen LogP contribution in [-0.4, -0.2) is 58.4 Å². The van der Waals surface area contributed by atoms with Crippen LogP contribution in [0.3, 0.4) is 0 Å². The Hall–Kier alpha value is -2.06. The molecule has 2 aromatic rings. The smallest absolute Gasteiger partial charge is 0.340 e. The lowest BCUT2D eigenvalue weighted by atomic mass is 9.80. The normalized spacial score (nSPS) is 25.4. The lowest BCUT2D eigenvalue weighted by Gasteiger charge is -2.47. The first-order valence-corrected chi connectivity index (χ1v) is 12.3. The van der Waals surface area contributed by atoms with E-state index in [4.69, 9.17) is 9.47 Å². The van der Waals surface area contributed by atoms with Crippen LogP contribution >= 0.6 is 0 Å². The van der Waals surface area contributed by atoms with E-state index in [1.807, 2.05) is 6.92 Å². The molecule has 5 rings (SSSR count). The summed E-state index contributed by atoms with van der Waals surface area (Å²) >= 11 is 0. The van der Waals surface area contributed by atoms with Crippen LogP contribution in [0.2, 0.25) is 0 Å². The molecule has 33 heavy (non-hydrogen) atoms. The van der Waals surface area contributed by atoms with Gasteiger partial charge in [0.25, 0.3) is 6.43 Å². The Morgan fingerprint density at radius 2 is 1.88 bits per heavy atom. The molecule has 0 radical (unpaired) electrons. The number of hydrogen-bond acceptors (Lipinski definition) is 5. The van der Waals surface area contributed by atoms with Crippen LogP contribution in [0.1, 0.15) is 80.9 Å². The summed E-state index contributed by atoms with van der Waals surface area (Å²) < 4.78 is 41.4. The van der Waals surface area contributed by atoms with Gasteiger partial charge in [-0.25, -0.2) is 18.6 Å². The number of fused-ring (bicyclic) bond motifs is 1. The molecule has 0 N–H and O–H groups in total. The number of nitrogens with zero attached hydrogens (tertiary/aromatic N) is 3. The van der Waals surface area contributed by atoms with Crippen molar-refractivity contribution in [3.8, 4) is 0 Å². The van der Waals surface area contributed by atoms with Crippen LogP contribution in [0.5, 0.6) is 0 Å². The molecule has 3 fully saturated rings. The maximum absolute atomic E-state index is 14.3. The van der Waals surface area contributed by atoms with Crippen LogP contribution < -0.4 is 0 Å². The Morgan fingerprint density at radius 3 is 2.52 bits per heavy atom. The van der Waals surface area contributed by atoms with Crippen molar-refractivity contribution in [2.24, 2.45) is 5.92 Å². The number of rotatable bonds is 8. The lowest BCUT2D eigenvalue weighted by Crippen LogP contribution is -2.57. The molecule has 1 aliphatic heterocycles. The first-order chi connectivity index (χ1) is 16.0. The molecule has 0 spiro atoms. The first kappa shape index (κ1) is 22.7. The molecule has 6 nitrogen and oxygen atoms in total. The topological polar surface area (TPSA) is 56.6 Å². The van der Waals surface area contributed by atoms with Crippen molar-refractivity contribution in [2.45, 2.75) is 83.1 Å². The van der Waals surface area contributed by atoms with Gasteiger partial charge in [-0.3, -0.25) is 4.90 Å². The van der Waals surface area contributed by atoms with E-state index in [-0.39, 0.29) is 29.8 Å². The van der Waals surface area contributed by atoms with E-state index in [1.165, 1.54) is 12.8 Å². The zero-order valence-corrected chi connectivity index (χ0v) is 19.4. The molecule has 0 bridgehead atoms. The highest BCUT2D eigenvalue weighted by molar-refractivity contribution is 6.05. The summed E-state index contributed by atoms with van der Waals surface area (Å²) in [5, 5.41) is 0.439. The second kappa shape index (κ2) is 9.29. The van der Waals surface area contributed by atoms with Crippen LogP contribution in [0.25, 0.3) is 11.0 Å². The fourth-order valence-electron chi connectivity index (χ4n) is 5.69. The standard InChI is InChI=1S/C25H33F2N3O3/c1-3-32-25(31)21-20-5-4-12-28-24(20)30(22(21)23(26)27)15(2)16-6-8-17(9-7-16)29-13-19(14-29)33-18-10-11-18/h4-5,12,15-19,23H,3,6-11,13-14H2,1-2H3/t15-,16?,17?/m1/s1. The summed E-state index contributed by atoms with van der Waals surface area (Å²) in [5.41, 5.74) is 0.130. The zero-order valence-electron chi connectivity index (χ0n) is 19.4. The van der Waals surface area contributed by atoms with Crippen molar-refractivity contribution in [1.29, 1.82) is 0 Å². The highest BCUT2D eigenvalue weighted by Crippen LogP contribution is 2.42. The summed E-state index contributed by atoms with van der Waals surface area (Å²) in [7, 11) is 0. The molecule has 0 aromatic carbocycles. The average Bonchev–Trinajstić information content (AvgIpc) is 3.54. The number of carbonyl (C=O) groups is 1. The summed E-state index contributed by atoms with van der Waals surface area (Å²) in [6.45, 7) is 5.84. The Labute approximate surface area is 193 Å². The Morgan fingerprint density at radius 1 is 1.15 bits per heavy atom. The van der Waals surface area contributed by atoms with Gasteiger partial charge in [-0.1, -0.05) is 0 Å². The van der Waals surface area contributed by atoms with E-state index in [0.717, 1.165) is 38.8 Å². The Balaban J connectivity index is 1.33. The monoisotopic (exact) mass is 461 g/mol. The Kier molecular flexibility index (Phi) is 6.40. The molecule has 3 aliphatic rings. The van der Waals surface area contributed by atoms with Gasteiger partial charge in [0.05, 0.1) is 24.4 Å². The average molecular weight is 462 g/mol. The number of hydrogen-bond donors (Lipinski definition) is 0. The quantitative estimate of drug-likeness (QED) is 0.510. The van der Waals surface area contributed by atoms with Crippen molar-refractivity contribution in [1.82, 2.24) is 14.5 Å². The van der Waals surface area contributed by atoms with Gasteiger partial charge in [0, 0.05) is 36.8 Å². The molecule has 180 valence electrons. The number of aromatic nitrogens is 2. The number of halogens is 2. The van der Waals surface area contributed by atoms with E-state index in [2.05, 4.69) is 9.88 Å². The number of likely N-dealkylation sites (tertiary alicyclic amines) is 1. The SMILES string of the molecule is CCOC(=O)c1c(C(F)F)n([C@H](C)C2CCC(N3CC(OC4CC4)C3)CC2)c2ncccc12. The van der Waals surface area contributed by atoms with E-state index < -0.39 is 12.4 Å². The van der Waals surface area contributed by atoms with Crippen LogP contribution in [-0.2, 0) is 9.47 Å². The molecule has 8 heteroatoms. The van der Waals surface area contributed by atoms with Gasteiger partial charge in [0.1, 0.15) is 11.3 Å². The number of alkyl halides is 2. The highest BCUT2D eigenvalue weighted by Gasteiger charge is 2.40. The largest absolute Gasteiger partial charge is 0.462 e. The molecular formula is C25H33F2N3O3. The molecule has 2 aliphatic carbocycles.